The molecule has 0 fully saturated rings. The Bertz CT molecular complexity index is 1370. The van der Waals surface area contributed by atoms with Gasteiger partial charge in [0.2, 0.25) is 0 Å². The number of nitro benzene ring substituents is 1. The number of benzene rings is 3. The Morgan fingerprint density at radius 2 is 1.84 bits per heavy atom. The van der Waals surface area contributed by atoms with Gasteiger partial charge in [-0.15, -0.1) is 0 Å². The van der Waals surface area contributed by atoms with Crippen molar-refractivity contribution in [3.05, 3.63) is 104 Å². The predicted octanol–water partition coefficient (Wildman–Crippen LogP) is 5.64. The molecule has 0 spiro atoms. The van der Waals surface area contributed by atoms with Crippen molar-refractivity contribution in [3.63, 3.8) is 0 Å². The van der Waals surface area contributed by atoms with Crippen LogP contribution in [0.2, 0.25) is 0 Å². The summed E-state index contributed by atoms with van der Waals surface area (Å²) in [4.78, 5) is 28.4. The molecule has 0 aliphatic heterocycles. The molecular formula is C24H17BrN4O3. The minimum Gasteiger partial charge on any atom is -0.267 e. The van der Waals surface area contributed by atoms with E-state index in [0.717, 1.165) is 15.6 Å². The molecule has 1 N–H and O–H groups in total. The number of aryl methyl sites for hydroxylation is 1. The maximum Gasteiger partial charge on any atom is 0.278 e. The third-order valence-electron chi connectivity index (χ3n) is 4.85. The molecule has 32 heavy (non-hydrogen) atoms. The summed E-state index contributed by atoms with van der Waals surface area (Å²) >= 11 is 3.42. The van der Waals surface area contributed by atoms with Crippen LogP contribution in [0.15, 0.2) is 82.4 Å². The van der Waals surface area contributed by atoms with Crippen molar-refractivity contribution < 1.29 is 9.72 Å². The number of nitro groups is 1. The molecule has 1 heterocycles. The number of hydrogen-bond donors (Lipinski definition) is 1. The topological polar surface area (TPSA) is 97.5 Å². The molecular weight excluding hydrogens is 472 g/mol. The van der Waals surface area contributed by atoms with Gasteiger partial charge in [0.15, 0.2) is 0 Å². The van der Waals surface area contributed by atoms with Gasteiger partial charge in [0.05, 0.1) is 33.5 Å². The van der Waals surface area contributed by atoms with E-state index in [1.54, 1.807) is 24.3 Å². The van der Waals surface area contributed by atoms with E-state index in [0.29, 0.717) is 27.7 Å². The van der Waals surface area contributed by atoms with E-state index < -0.39 is 10.8 Å². The zero-order chi connectivity index (χ0) is 22.7. The highest BCUT2D eigenvalue weighted by molar-refractivity contribution is 9.10. The molecule has 0 unspecified atom stereocenters. The molecule has 0 aliphatic rings. The number of amides is 1. The van der Waals surface area contributed by atoms with Crippen molar-refractivity contribution in [1.29, 1.82) is 0 Å². The van der Waals surface area contributed by atoms with Crippen molar-refractivity contribution in [1.82, 2.24) is 10.4 Å². The number of nitrogens with one attached hydrogen (secondary N) is 1. The first-order valence-corrected chi connectivity index (χ1v) is 10.5. The molecule has 8 heteroatoms. The van der Waals surface area contributed by atoms with Crippen molar-refractivity contribution in [2.75, 3.05) is 0 Å². The first kappa shape index (κ1) is 21.3. The summed E-state index contributed by atoms with van der Waals surface area (Å²) in [6, 6.07) is 21.3. The second-order valence-corrected chi connectivity index (χ2v) is 8.01. The van der Waals surface area contributed by atoms with Gasteiger partial charge in [0.1, 0.15) is 0 Å². The van der Waals surface area contributed by atoms with Crippen LogP contribution in [0.5, 0.6) is 0 Å². The van der Waals surface area contributed by atoms with Crippen LogP contribution in [0.1, 0.15) is 21.5 Å². The fraction of sp³-hybridized carbons (Fsp3) is 0.0417. The molecule has 0 radical (unpaired) electrons. The molecule has 3 aromatic carbocycles. The molecule has 0 aliphatic carbocycles. The van der Waals surface area contributed by atoms with E-state index in [2.05, 4.69) is 26.5 Å². The van der Waals surface area contributed by atoms with E-state index >= 15 is 0 Å². The average molecular weight is 489 g/mol. The molecule has 1 aromatic heterocycles. The molecule has 0 bridgehead atoms. The van der Waals surface area contributed by atoms with Gasteiger partial charge in [0, 0.05) is 21.5 Å². The number of fused-ring (bicyclic) bond motifs is 1. The third kappa shape index (κ3) is 4.55. The Hall–Kier alpha value is -3.91. The molecule has 158 valence electrons. The smallest absolute Gasteiger partial charge is 0.267 e. The van der Waals surface area contributed by atoms with Gasteiger partial charge in [-0.25, -0.2) is 10.4 Å². The zero-order valence-electron chi connectivity index (χ0n) is 16.9. The number of nitrogens with zero attached hydrogens (tertiary/aromatic N) is 3. The Balaban J connectivity index is 1.71. The molecule has 4 rings (SSSR count). The fourth-order valence-electron chi connectivity index (χ4n) is 3.28. The summed E-state index contributed by atoms with van der Waals surface area (Å²) in [5.74, 6) is -0.434. The maximum atomic E-state index is 13.0. The van der Waals surface area contributed by atoms with E-state index in [1.807, 2.05) is 49.4 Å². The lowest BCUT2D eigenvalue weighted by atomic mass is 10.0. The van der Waals surface area contributed by atoms with Gasteiger partial charge in [-0.05, 0) is 43.3 Å². The molecule has 0 saturated carbocycles. The van der Waals surface area contributed by atoms with Crippen molar-refractivity contribution in [2.24, 2.45) is 5.10 Å². The normalized spacial score (nSPS) is 11.1. The third-order valence-corrected chi connectivity index (χ3v) is 5.38. The molecule has 7 nitrogen and oxygen atoms in total. The maximum absolute atomic E-state index is 13.0. The van der Waals surface area contributed by atoms with Crippen LogP contribution >= 0.6 is 15.9 Å². The number of halogens is 1. The summed E-state index contributed by atoms with van der Waals surface area (Å²) in [5, 5.41) is 15.8. The second kappa shape index (κ2) is 9.07. The highest BCUT2D eigenvalue weighted by Gasteiger charge is 2.15. The van der Waals surface area contributed by atoms with Crippen LogP contribution in [0.25, 0.3) is 22.2 Å². The summed E-state index contributed by atoms with van der Waals surface area (Å²) < 4.78 is 0.944. The number of carbonyl (C=O) groups excluding carboxylic acids is 1. The monoisotopic (exact) mass is 488 g/mol. The standard InChI is InChI=1S/C24H17BrN4O3/c1-15-6-11-21-19(12-15)20(13-22(27-21)16-7-9-18(25)10-8-16)24(30)28-26-14-17-4-2-3-5-23(17)29(31)32/h2-14H,1H3,(H,28,30). The number of aromatic nitrogens is 1. The van der Waals surface area contributed by atoms with Gasteiger partial charge >= 0.3 is 0 Å². The Labute approximate surface area is 192 Å². The van der Waals surface area contributed by atoms with E-state index in [4.69, 9.17) is 4.98 Å². The second-order valence-electron chi connectivity index (χ2n) is 7.10. The van der Waals surface area contributed by atoms with Gasteiger partial charge < -0.3 is 0 Å². The van der Waals surface area contributed by atoms with Crippen LogP contribution in [0.3, 0.4) is 0 Å². The summed E-state index contributed by atoms with van der Waals surface area (Å²) in [7, 11) is 0. The summed E-state index contributed by atoms with van der Waals surface area (Å²) in [5.41, 5.74) is 6.31. The zero-order valence-corrected chi connectivity index (χ0v) is 18.5. The SMILES string of the molecule is Cc1ccc2nc(-c3ccc(Br)cc3)cc(C(=O)NN=Cc3ccccc3[N+](=O)[O-])c2c1. The quantitative estimate of drug-likeness (QED) is 0.223. The average Bonchev–Trinajstić information content (AvgIpc) is 2.79. The lowest BCUT2D eigenvalue weighted by Crippen LogP contribution is -2.18. The van der Waals surface area contributed by atoms with Crippen molar-refractivity contribution in [3.8, 4) is 11.3 Å². The van der Waals surface area contributed by atoms with Crippen molar-refractivity contribution in [2.45, 2.75) is 6.92 Å². The Morgan fingerprint density at radius 3 is 2.59 bits per heavy atom. The van der Waals surface area contributed by atoms with Crippen LogP contribution in [-0.4, -0.2) is 22.0 Å². The van der Waals surface area contributed by atoms with E-state index in [1.165, 1.54) is 12.3 Å². The lowest BCUT2D eigenvalue weighted by molar-refractivity contribution is -0.385. The number of rotatable bonds is 5. The fourth-order valence-corrected chi connectivity index (χ4v) is 3.54. The number of hydrazone groups is 1. The number of carbonyl (C=O) groups is 1. The summed E-state index contributed by atoms with van der Waals surface area (Å²) in [6.07, 6.45) is 1.26. The minimum absolute atomic E-state index is 0.0898. The van der Waals surface area contributed by atoms with Crippen molar-refractivity contribution >= 4 is 44.6 Å². The van der Waals surface area contributed by atoms with Gasteiger partial charge in [-0.2, -0.15) is 5.10 Å². The first-order valence-electron chi connectivity index (χ1n) is 9.66. The Morgan fingerprint density at radius 1 is 1.09 bits per heavy atom. The van der Waals surface area contributed by atoms with E-state index in [9.17, 15) is 14.9 Å². The highest BCUT2D eigenvalue weighted by atomic mass is 79.9. The number of pyridine rings is 1. The largest absolute Gasteiger partial charge is 0.278 e. The lowest BCUT2D eigenvalue weighted by Gasteiger charge is -2.10. The van der Waals surface area contributed by atoms with Gasteiger partial charge in [-0.3, -0.25) is 14.9 Å². The van der Waals surface area contributed by atoms with Gasteiger partial charge in [-0.1, -0.05) is 51.8 Å². The molecule has 4 aromatic rings. The van der Waals surface area contributed by atoms with Gasteiger partial charge in [0.25, 0.3) is 11.6 Å². The minimum atomic E-state index is -0.493. The van der Waals surface area contributed by atoms with E-state index in [-0.39, 0.29) is 5.69 Å². The molecule has 0 atom stereocenters. The van der Waals surface area contributed by atoms with Crippen LogP contribution in [0.4, 0.5) is 5.69 Å². The van der Waals surface area contributed by atoms with Crippen LogP contribution < -0.4 is 5.43 Å². The van der Waals surface area contributed by atoms with Crippen LogP contribution in [-0.2, 0) is 0 Å². The Kier molecular flexibility index (Phi) is 6.04. The predicted molar refractivity (Wildman–Crippen MR) is 128 cm³/mol. The molecule has 0 saturated heterocycles. The van der Waals surface area contributed by atoms with Crippen LogP contribution in [0, 0.1) is 17.0 Å². The number of para-hydroxylation sites is 1. The number of hydrogen-bond acceptors (Lipinski definition) is 5. The highest BCUT2D eigenvalue weighted by Crippen LogP contribution is 2.27. The summed E-state index contributed by atoms with van der Waals surface area (Å²) in [6.45, 7) is 1.94. The first-order chi connectivity index (χ1) is 15.4. The molecule has 1 amide bonds.